The van der Waals surface area contributed by atoms with Gasteiger partial charge in [-0.15, -0.1) is 0 Å². The summed E-state index contributed by atoms with van der Waals surface area (Å²) in [5.41, 5.74) is -0.959. The van der Waals surface area contributed by atoms with E-state index >= 15 is 0 Å². The smallest absolute Gasteiger partial charge is 0.407 e. The Morgan fingerprint density at radius 2 is 1.17 bits per heavy atom. The molecule has 0 aromatic carbocycles. The van der Waals surface area contributed by atoms with Crippen LogP contribution in [0.15, 0.2) is 0 Å². The summed E-state index contributed by atoms with van der Waals surface area (Å²) in [6, 6.07) is 2.43. The van der Waals surface area contributed by atoms with Crippen molar-refractivity contribution in [1.82, 2.24) is 5.32 Å². The first-order valence-corrected chi connectivity index (χ1v) is 12.9. The van der Waals surface area contributed by atoms with Crippen molar-refractivity contribution in [3.63, 3.8) is 0 Å². The van der Waals surface area contributed by atoms with Crippen molar-refractivity contribution >= 4 is 18.0 Å². The van der Waals surface area contributed by atoms with Crippen molar-refractivity contribution in [2.45, 2.75) is 103 Å². The SMILES string of the molecule is COC(=O)C12CCC(C#N)(CC1)CC2.COC(=O)C12CCC(CNC(=O)OC(C)(C)C)(CC1)CC2. The van der Waals surface area contributed by atoms with E-state index in [1.165, 1.54) is 14.2 Å². The molecule has 1 amide bonds. The molecule has 6 fully saturated rings. The Kier molecular flexibility index (Phi) is 7.79. The standard InChI is InChI=1S/C16H27NO4.C11H15NO2/c1-14(2,3)21-13(19)17-11-15-5-8-16(9-6-15,10-7-15)12(18)20-4;1-14-9(13)11-5-2-10(8-12,3-6-11)4-7-11/h5-11H2,1-4H3,(H,17,19);2-7H2,1H3. The van der Waals surface area contributed by atoms with Gasteiger partial charge in [-0.2, -0.15) is 5.26 Å². The number of ether oxygens (including phenoxy) is 3. The largest absolute Gasteiger partial charge is 0.469 e. The third kappa shape index (κ3) is 5.76. The number of esters is 2. The highest BCUT2D eigenvalue weighted by Gasteiger charge is 2.54. The molecule has 0 spiro atoms. The molecule has 35 heavy (non-hydrogen) atoms. The quantitative estimate of drug-likeness (QED) is 0.433. The molecular weight excluding hydrogens is 448 g/mol. The number of carbonyl (C=O) groups is 3. The van der Waals surface area contributed by atoms with Gasteiger partial charge in [0, 0.05) is 6.54 Å². The van der Waals surface area contributed by atoms with Crippen LogP contribution in [0.2, 0.25) is 0 Å². The van der Waals surface area contributed by atoms with Crippen LogP contribution in [-0.2, 0) is 23.8 Å². The topological polar surface area (TPSA) is 115 Å². The minimum absolute atomic E-state index is 0.0594. The minimum atomic E-state index is -0.471. The molecule has 6 saturated carbocycles. The molecule has 0 aromatic rings. The highest BCUT2D eigenvalue weighted by molar-refractivity contribution is 5.77. The number of amides is 1. The van der Waals surface area contributed by atoms with Crippen LogP contribution in [0, 0.1) is 33.0 Å². The minimum Gasteiger partial charge on any atom is -0.469 e. The molecule has 0 heterocycles. The maximum Gasteiger partial charge on any atom is 0.407 e. The van der Waals surface area contributed by atoms with E-state index in [4.69, 9.17) is 19.5 Å². The monoisotopic (exact) mass is 490 g/mol. The number of nitrogens with zero attached hydrogens (tertiary/aromatic N) is 1. The second-order valence-corrected chi connectivity index (χ2v) is 12.3. The van der Waals surface area contributed by atoms with E-state index in [0.717, 1.165) is 77.0 Å². The molecule has 6 aliphatic carbocycles. The molecule has 196 valence electrons. The average Bonchev–Trinajstić information content (AvgIpc) is 2.88. The summed E-state index contributed by atoms with van der Waals surface area (Å²) in [6.45, 7) is 6.21. The molecule has 0 aromatic heterocycles. The second kappa shape index (κ2) is 9.99. The molecule has 0 aliphatic heterocycles. The van der Waals surface area contributed by atoms with Gasteiger partial charge in [0.2, 0.25) is 0 Å². The Morgan fingerprint density at radius 1 is 0.771 bits per heavy atom. The van der Waals surface area contributed by atoms with Crippen molar-refractivity contribution in [2.24, 2.45) is 21.7 Å². The van der Waals surface area contributed by atoms with Gasteiger partial charge in [0.15, 0.2) is 0 Å². The average molecular weight is 491 g/mol. The van der Waals surface area contributed by atoms with Crippen LogP contribution in [0.25, 0.3) is 0 Å². The van der Waals surface area contributed by atoms with Gasteiger partial charge in [-0.3, -0.25) is 9.59 Å². The number of carbonyl (C=O) groups excluding carboxylic acids is 3. The van der Waals surface area contributed by atoms with E-state index in [-0.39, 0.29) is 39.7 Å². The number of hydrogen-bond acceptors (Lipinski definition) is 7. The second-order valence-electron chi connectivity index (χ2n) is 12.3. The van der Waals surface area contributed by atoms with Crippen molar-refractivity contribution < 1.29 is 28.6 Å². The molecule has 6 aliphatic rings. The van der Waals surface area contributed by atoms with Crippen LogP contribution in [-0.4, -0.2) is 44.4 Å². The first kappa shape index (κ1) is 27.3. The fourth-order valence-corrected chi connectivity index (χ4v) is 6.50. The molecule has 4 bridgehead atoms. The number of hydrogen-bond donors (Lipinski definition) is 1. The Balaban J connectivity index is 0.000000211. The van der Waals surface area contributed by atoms with Gasteiger partial charge < -0.3 is 19.5 Å². The summed E-state index contributed by atoms with van der Waals surface area (Å²) >= 11 is 0. The van der Waals surface area contributed by atoms with E-state index in [0.29, 0.717) is 6.54 Å². The van der Waals surface area contributed by atoms with Gasteiger partial charge >= 0.3 is 18.0 Å². The molecule has 0 unspecified atom stereocenters. The highest BCUT2D eigenvalue weighted by Crippen LogP contribution is 2.58. The number of fused-ring (bicyclic) bond motifs is 6. The predicted octanol–water partition coefficient (Wildman–Crippen LogP) is 5.05. The summed E-state index contributed by atoms with van der Waals surface area (Å²) < 4.78 is 15.1. The first-order chi connectivity index (χ1) is 16.4. The molecule has 0 radical (unpaired) electrons. The van der Waals surface area contributed by atoms with Crippen LogP contribution in [0.3, 0.4) is 0 Å². The predicted molar refractivity (Wildman–Crippen MR) is 129 cm³/mol. The Morgan fingerprint density at radius 3 is 1.51 bits per heavy atom. The molecule has 0 atom stereocenters. The molecule has 6 rings (SSSR count). The maximum atomic E-state index is 12.0. The van der Waals surface area contributed by atoms with E-state index in [9.17, 15) is 14.4 Å². The molecule has 8 heteroatoms. The van der Waals surface area contributed by atoms with Gasteiger partial charge in [-0.25, -0.2) is 4.79 Å². The summed E-state index contributed by atoms with van der Waals surface area (Å²) in [5.74, 6) is -0.125. The van der Waals surface area contributed by atoms with Crippen LogP contribution in [0.1, 0.15) is 97.8 Å². The lowest BCUT2D eigenvalue weighted by Gasteiger charge is -2.51. The number of rotatable bonds is 4. The number of nitriles is 1. The van der Waals surface area contributed by atoms with Crippen molar-refractivity contribution in [2.75, 3.05) is 20.8 Å². The fourth-order valence-electron chi connectivity index (χ4n) is 6.50. The zero-order chi connectivity index (χ0) is 26.0. The normalized spacial score (nSPS) is 35.1. The molecule has 8 nitrogen and oxygen atoms in total. The summed E-state index contributed by atoms with van der Waals surface area (Å²) in [5, 5.41) is 12.0. The zero-order valence-electron chi connectivity index (χ0n) is 22.1. The number of alkyl carbamates (subject to hydrolysis) is 1. The van der Waals surface area contributed by atoms with Crippen LogP contribution >= 0.6 is 0 Å². The van der Waals surface area contributed by atoms with E-state index < -0.39 is 5.60 Å². The van der Waals surface area contributed by atoms with Crippen molar-refractivity contribution in [1.29, 1.82) is 5.26 Å². The van der Waals surface area contributed by atoms with E-state index in [2.05, 4.69) is 11.4 Å². The van der Waals surface area contributed by atoms with Crippen molar-refractivity contribution in [3.05, 3.63) is 0 Å². The fraction of sp³-hybridized carbons (Fsp3) is 0.852. The summed E-state index contributed by atoms with van der Waals surface area (Å²) in [7, 11) is 2.93. The Labute approximate surface area is 209 Å². The summed E-state index contributed by atoms with van der Waals surface area (Å²) in [6.07, 6.45) is 10.3. The van der Waals surface area contributed by atoms with Gasteiger partial charge in [-0.05, 0) is 103 Å². The van der Waals surface area contributed by atoms with Crippen molar-refractivity contribution in [3.8, 4) is 6.07 Å². The van der Waals surface area contributed by atoms with Gasteiger partial charge in [0.1, 0.15) is 5.60 Å². The third-order valence-electron chi connectivity index (χ3n) is 9.13. The highest BCUT2D eigenvalue weighted by atomic mass is 16.6. The van der Waals surface area contributed by atoms with Crippen LogP contribution < -0.4 is 5.32 Å². The maximum absolute atomic E-state index is 12.0. The number of methoxy groups -OCH3 is 2. The first-order valence-electron chi connectivity index (χ1n) is 12.9. The summed E-state index contributed by atoms with van der Waals surface area (Å²) in [4.78, 5) is 35.4. The van der Waals surface area contributed by atoms with Gasteiger partial charge in [0.25, 0.3) is 0 Å². The Bertz CT molecular complexity index is 819. The van der Waals surface area contributed by atoms with E-state index in [1.54, 1.807) is 0 Å². The number of nitrogens with one attached hydrogen (secondary N) is 1. The lowest BCUT2D eigenvalue weighted by atomic mass is 9.53. The molecular formula is C27H42N2O6. The lowest BCUT2D eigenvalue weighted by Crippen LogP contribution is -2.51. The third-order valence-corrected chi connectivity index (χ3v) is 9.13. The van der Waals surface area contributed by atoms with Crippen LogP contribution in [0.5, 0.6) is 0 Å². The molecule has 0 saturated heterocycles. The van der Waals surface area contributed by atoms with E-state index in [1.807, 2.05) is 20.8 Å². The molecule has 1 N–H and O–H groups in total. The van der Waals surface area contributed by atoms with Gasteiger partial charge in [-0.1, -0.05) is 0 Å². The zero-order valence-corrected chi connectivity index (χ0v) is 22.1. The van der Waals surface area contributed by atoms with Crippen LogP contribution in [0.4, 0.5) is 4.79 Å². The van der Waals surface area contributed by atoms with Gasteiger partial charge in [0.05, 0.1) is 36.5 Å². The Hall–Kier alpha value is -2.30. The lowest BCUT2D eigenvalue weighted by molar-refractivity contribution is -0.162.